The molecule has 1 saturated heterocycles. The van der Waals surface area contributed by atoms with E-state index in [1.54, 1.807) is 24.3 Å². The van der Waals surface area contributed by atoms with E-state index in [0.29, 0.717) is 11.5 Å². The van der Waals surface area contributed by atoms with Crippen molar-refractivity contribution < 1.29 is 13.5 Å². The van der Waals surface area contributed by atoms with E-state index in [0.717, 1.165) is 5.69 Å². The van der Waals surface area contributed by atoms with Gasteiger partial charge >= 0.3 is 0 Å². The van der Waals surface area contributed by atoms with Gasteiger partial charge in [0.15, 0.2) is 14.9 Å². The van der Waals surface area contributed by atoms with Crippen molar-refractivity contribution in [2.24, 2.45) is 0 Å². The Bertz CT molecular complexity index is 583. The van der Waals surface area contributed by atoms with Crippen LogP contribution in [0.1, 0.15) is 13.3 Å². The standard InChI is InChI=1S/C12H16N2O3S2/c1-12(6-7-19(16,17)8-12)14-11(18)13-9-2-4-10(15)5-3-9/h2-5,15H,6-8H2,1H3,(H2,13,14,18)/t12-/m1/s1. The molecular formula is C12H16N2O3S2. The molecule has 19 heavy (non-hydrogen) atoms. The van der Waals surface area contributed by atoms with Gasteiger partial charge in [-0.3, -0.25) is 0 Å². The smallest absolute Gasteiger partial charge is 0.171 e. The molecule has 1 aromatic carbocycles. The van der Waals surface area contributed by atoms with E-state index in [1.807, 2.05) is 6.92 Å². The first kappa shape index (κ1) is 14.1. The van der Waals surface area contributed by atoms with Crippen LogP contribution in [-0.4, -0.2) is 35.7 Å². The highest BCUT2D eigenvalue weighted by atomic mass is 32.2. The lowest BCUT2D eigenvalue weighted by atomic mass is 10.0. The van der Waals surface area contributed by atoms with E-state index in [1.165, 1.54) is 0 Å². The number of phenols is 1. The largest absolute Gasteiger partial charge is 0.508 e. The zero-order valence-electron chi connectivity index (χ0n) is 10.5. The molecule has 1 aliphatic rings. The van der Waals surface area contributed by atoms with Crippen LogP contribution in [0.15, 0.2) is 24.3 Å². The summed E-state index contributed by atoms with van der Waals surface area (Å²) >= 11 is 5.17. The van der Waals surface area contributed by atoms with Crippen LogP contribution in [0.4, 0.5) is 5.69 Å². The van der Waals surface area contributed by atoms with Crippen molar-refractivity contribution in [3.05, 3.63) is 24.3 Å². The van der Waals surface area contributed by atoms with E-state index in [9.17, 15) is 13.5 Å². The van der Waals surface area contributed by atoms with Crippen LogP contribution in [-0.2, 0) is 9.84 Å². The van der Waals surface area contributed by atoms with Crippen LogP contribution in [0.25, 0.3) is 0 Å². The first-order valence-electron chi connectivity index (χ1n) is 5.87. The number of aromatic hydroxyl groups is 1. The number of anilines is 1. The normalized spacial score (nSPS) is 24.9. The van der Waals surface area contributed by atoms with Gasteiger partial charge < -0.3 is 15.7 Å². The first-order valence-corrected chi connectivity index (χ1v) is 8.10. The van der Waals surface area contributed by atoms with Crippen molar-refractivity contribution >= 4 is 32.9 Å². The molecule has 104 valence electrons. The molecule has 0 bridgehead atoms. The molecule has 0 amide bonds. The third kappa shape index (κ3) is 3.81. The lowest BCUT2D eigenvalue weighted by Crippen LogP contribution is -2.48. The average Bonchev–Trinajstić information content (AvgIpc) is 2.56. The molecule has 0 aliphatic carbocycles. The molecule has 1 aliphatic heterocycles. The summed E-state index contributed by atoms with van der Waals surface area (Å²) in [6.45, 7) is 1.85. The molecule has 0 unspecified atom stereocenters. The molecule has 0 radical (unpaired) electrons. The second-order valence-corrected chi connectivity index (χ2v) is 7.62. The van der Waals surface area contributed by atoms with Gasteiger partial charge in [0.25, 0.3) is 0 Å². The summed E-state index contributed by atoms with van der Waals surface area (Å²) < 4.78 is 23.0. The molecule has 0 saturated carbocycles. The highest BCUT2D eigenvalue weighted by Crippen LogP contribution is 2.23. The lowest BCUT2D eigenvalue weighted by Gasteiger charge is -2.25. The molecule has 1 atom stereocenters. The molecular weight excluding hydrogens is 284 g/mol. The van der Waals surface area contributed by atoms with Gasteiger partial charge in [-0.15, -0.1) is 0 Å². The molecule has 1 aromatic rings. The van der Waals surface area contributed by atoms with Crippen molar-refractivity contribution in [3.8, 4) is 5.75 Å². The van der Waals surface area contributed by atoms with Gasteiger partial charge in [-0.05, 0) is 49.8 Å². The summed E-state index contributed by atoms with van der Waals surface area (Å²) in [7, 11) is -2.96. The maximum atomic E-state index is 11.5. The van der Waals surface area contributed by atoms with Crippen molar-refractivity contribution in [2.75, 3.05) is 16.8 Å². The minimum atomic E-state index is -2.96. The summed E-state index contributed by atoms with van der Waals surface area (Å²) in [6.07, 6.45) is 0.548. The summed E-state index contributed by atoms with van der Waals surface area (Å²) in [5.41, 5.74) is 0.222. The van der Waals surface area contributed by atoms with Gasteiger partial charge in [0.1, 0.15) is 5.75 Å². The number of hydrogen-bond donors (Lipinski definition) is 3. The molecule has 0 aromatic heterocycles. The summed E-state index contributed by atoms with van der Waals surface area (Å²) in [5.74, 6) is 0.466. The second kappa shape index (κ2) is 4.97. The average molecular weight is 300 g/mol. The Kier molecular flexibility index (Phi) is 3.69. The first-order chi connectivity index (χ1) is 8.78. The molecule has 1 fully saturated rings. The Labute approximate surface area is 117 Å². The molecule has 2 rings (SSSR count). The third-order valence-corrected chi connectivity index (χ3v) is 5.15. The maximum Gasteiger partial charge on any atom is 0.171 e. The second-order valence-electron chi connectivity index (χ2n) is 5.03. The fourth-order valence-electron chi connectivity index (χ4n) is 2.09. The van der Waals surface area contributed by atoms with Gasteiger partial charge in [0.05, 0.1) is 17.0 Å². The maximum absolute atomic E-state index is 11.5. The highest BCUT2D eigenvalue weighted by Gasteiger charge is 2.38. The predicted molar refractivity (Wildman–Crippen MR) is 79.1 cm³/mol. The summed E-state index contributed by atoms with van der Waals surface area (Å²) in [5, 5.41) is 15.6. The Morgan fingerprint density at radius 1 is 1.37 bits per heavy atom. The SMILES string of the molecule is C[C@@]1(NC(=S)Nc2ccc(O)cc2)CCS(=O)(=O)C1. The van der Waals surface area contributed by atoms with Gasteiger partial charge in [0, 0.05) is 5.69 Å². The number of hydrogen-bond acceptors (Lipinski definition) is 4. The minimum absolute atomic E-state index is 0.0946. The van der Waals surface area contributed by atoms with Crippen molar-refractivity contribution in [2.45, 2.75) is 18.9 Å². The topological polar surface area (TPSA) is 78.4 Å². The van der Waals surface area contributed by atoms with Crippen LogP contribution in [0.3, 0.4) is 0 Å². The van der Waals surface area contributed by atoms with Crippen LogP contribution in [0, 0.1) is 0 Å². The molecule has 5 nitrogen and oxygen atoms in total. The predicted octanol–water partition coefficient (Wildman–Crippen LogP) is 1.26. The number of thiocarbonyl (C=S) groups is 1. The van der Waals surface area contributed by atoms with Crippen molar-refractivity contribution in [1.29, 1.82) is 0 Å². The number of phenolic OH excluding ortho intramolecular Hbond substituents is 1. The van der Waals surface area contributed by atoms with Crippen LogP contribution < -0.4 is 10.6 Å². The van der Waals surface area contributed by atoms with Crippen molar-refractivity contribution in [3.63, 3.8) is 0 Å². The molecule has 0 spiro atoms. The van der Waals surface area contributed by atoms with E-state index in [2.05, 4.69) is 10.6 Å². The van der Waals surface area contributed by atoms with Crippen LogP contribution in [0.5, 0.6) is 5.75 Å². The van der Waals surface area contributed by atoms with E-state index >= 15 is 0 Å². The van der Waals surface area contributed by atoms with E-state index in [-0.39, 0.29) is 17.3 Å². The van der Waals surface area contributed by atoms with Crippen LogP contribution >= 0.6 is 12.2 Å². The van der Waals surface area contributed by atoms with E-state index in [4.69, 9.17) is 12.2 Å². The molecule has 7 heteroatoms. The zero-order chi connectivity index (χ0) is 14.1. The quantitative estimate of drug-likeness (QED) is 0.564. The van der Waals surface area contributed by atoms with Crippen molar-refractivity contribution in [1.82, 2.24) is 5.32 Å². The molecule has 3 N–H and O–H groups in total. The summed E-state index contributed by atoms with van der Waals surface area (Å²) in [4.78, 5) is 0. The highest BCUT2D eigenvalue weighted by molar-refractivity contribution is 7.91. The Hall–Kier alpha value is -1.34. The van der Waals surface area contributed by atoms with Gasteiger partial charge in [-0.2, -0.15) is 0 Å². The van der Waals surface area contributed by atoms with Gasteiger partial charge in [0.2, 0.25) is 0 Å². The third-order valence-electron chi connectivity index (χ3n) is 3.04. The zero-order valence-corrected chi connectivity index (χ0v) is 12.1. The van der Waals surface area contributed by atoms with Gasteiger partial charge in [-0.1, -0.05) is 0 Å². The lowest BCUT2D eigenvalue weighted by molar-refractivity contribution is 0.473. The monoisotopic (exact) mass is 300 g/mol. The van der Waals surface area contributed by atoms with Crippen LogP contribution in [0.2, 0.25) is 0 Å². The minimum Gasteiger partial charge on any atom is -0.508 e. The fraction of sp³-hybridized carbons (Fsp3) is 0.417. The Morgan fingerprint density at radius 2 is 2.00 bits per heavy atom. The molecule has 1 heterocycles. The Morgan fingerprint density at radius 3 is 2.53 bits per heavy atom. The number of benzene rings is 1. The summed E-state index contributed by atoms with van der Waals surface area (Å²) in [6, 6.07) is 6.48. The number of rotatable bonds is 2. The van der Waals surface area contributed by atoms with Gasteiger partial charge in [-0.25, -0.2) is 8.42 Å². The Balaban J connectivity index is 1.97. The number of sulfone groups is 1. The fourth-order valence-corrected chi connectivity index (χ4v) is 4.55. The van der Waals surface area contributed by atoms with E-state index < -0.39 is 15.4 Å². The number of nitrogens with one attached hydrogen (secondary N) is 2.